The molecule has 1 heterocycles. The van der Waals surface area contributed by atoms with Crippen molar-refractivity contribution in [2.45, 2.75) is 25.9 Å². The fraction of sp³-hybridized carbons (Fsp3) is 0.556. The van der Waals surface area contributed by atoms with Crippen LogP contribution in [0, 0.1) is 12.8 Å². The van der Waals surface area contributed by atoms with Crippen molar-refractivity contribution in [3.63, 3.8) is 0 Å². The fourth-order valence-electron chi connectivity index (χ4n) is 1.25. The molecule has 13 heavy (non-hydrogen) atoms. The number of aryl methyl sites for hydroxylation is 1. The van der Waals surface area contributed by atoms with Gasteiger partial charge in [0.25, 0.3) is 0 Å². The third-order valence-corrected chi connectivity index (χ3v) is 3.10. The number of Topliss-reactive ketones (excluding diaryl/α,β-unsaturated/α-hetero) is 1. The van der Waals surface area contributed by atoms with Crippen LogP contribution in [0.5, 0.6) is 0 Å². The molecule has 1 atom stereocenters. The number of rotatable bonds is 3. The highest BCUT2D eigenvalue weighted by molar-refractivity contribution is 7.08. The zero-order chi connectivity index (χ0) is 9.42. The molecule has 0 aromatic carbocycles. The van der Waals surface area contributed by atoms with Gasteiger partial charge in [-0.05, 0) is 43.3 Å². The summed E-state index contributed by atoms with van der Waals surface area (Å²) in [6.45, 7) is 1.84. The van der Waals surface area contributed by atoms with Gasteiger partial charge in [-0.2, -0.15) is 4.37 Å². The lowest BCUT2D eigenvalue weighted by Gasteiger charge is -2.04. The summed E-state index contributed by atoms with van der Waals surface area (Å²) in [7, 11) is 0. The number of nitrogens with zero attached hydrogens (tertiary/aromatic N) is 1. The molecule has 2 rings (SSSR count). The molecular formula is C9H11NO2S. The lowest BCUT2D eigenvalue weighted by Crippen LogP contribution is -2.21. The third-order valence-electron chi connectivity index (χ3n) is 2.21. The largest absolute Gasteiger partial charge is 0.385 e. The van der Waals surface area contributed by atoms with E-state index in [0.29, 0.717) is 4.88 Å². The number of hydrogen-bond donors (Lipinski definition) is 1. The van der Waals surface area contributed by atoms with Gasteiger partial charge < -0.3 is 5.11 Å². The van der Waals surface area contributed by atoms with Crippen molar-refractivity contribution >= 4 is 17.3 Å². The van der Waals surface area contributed by atoms with Crippen LogP contribution in [0.2, 0.25) is 0 Å². The van der Waals surface area contributed by atoms with E-state index < -0.39 is 6.10 Å². The summed E-state index contributed by atoms with van der Waals surface area (Å²) in [6.07, 6.45) is 1.16. The van der Waals surface area contributed by atoms with Crippen molar-refractivity contribution < 1.29 is 9.90 Å². The predicted octanol–water partition coefficient (Wildman–Crippen LogP) is 1.41. The summed E-state index contributed by atoms with van der Waals surface area (Å²) < 4.78 is 4.01. The van der Waals surface area contributed by atoms with Gasteiger partial charge in [-0.1, -0.05) is 0 Å². The molecule has 0 saturated heterocycles. The second-order valence-electron chi connectivity index (χ2n) is 3.48. The maximum Gasteiger partial charge on any atom is 0.203 e. The lowest BCUT2D eigenvalue weighted by atomic mass is 10.1. The highest BCUT2D eigenvalue weighted by Crippen LogP contribution is 2.34. The molecule has 0 aliphatic heterocycles. The Kier molecular flexibility index (Phi) is 2.17. The minimum atomic E-state index is -0.792. The van der Waals surface area contributed by atoms with Crippen LogP contribution >= 0.6 is 11.5 Å². The number of aliphatic hydroxyl groups is 1. The Hall–Kier alpha value is -0.740. The average molecular weight is 197 g/mol. The molecule has 0 spiro atoms. The number of carbonyl (C=O) groups is 1. The van der Waals surface area contributed by atoms with Gasteiger partial charge >= 0.3 is 0 Å². The highest BCUT2D eigenvalue weighted by atomic mass is 32.1. The van der Waals surface area contributed by atoms with E-state index in [-0.39, 0.29) is 11.7 Å². The van der Waals surface area contributed by atoms with E-state index in [0.717, 1.165) is 18.5 Å². The van der Waals surface area contributed by atoms with Crippen molar-refractivity contribution in [3.8, 4) is 0 Å². The lowest BCUT2D eigenvalue weighted by molar-refractivity contribution is 0.0708. The number of carbonyl (C=O) groups excluding carboxylic acids is 1. The van der Waals surface area contributed by atoms with Gasteiger partial charge in [0, 0.05) is 0 Å². The first-order valence-corrected chi connectivity index (χ1v) is 5.11. The molecule has 1 aromatic rings. The normalized spacial score (nSPS) is 18.6. The van der Waals surface area contributed by atoms with Crippen LogP contribution < -0.4 is 0 Å². The van der Waals surface area contributed by atoms with Crippen LogP contribution in [-0.4, -0.2) is 21.4 Å². The van der Waals surface area contributed by atoms with E-state index in [2.05, 4.69) is 4.37 Å². The molecule has 3 nitrogen and oxygen atoms in total. The highest BCUT2D eigenvalue weighted by Gasteiger charge is 2.35. The zero-order valence-electron chi connectivity index (χ0n) is 7.36. The Labute approximate surface area is 80.6 Å². The summed E-state index contributed by atoms with van der Waals surface area (Å²) in [5.41, 5.74) is 0.844. The van der Waals surface area contributed by atoms with Crippen LogP contribution in [0.3, 0.4) is 0 Å². The van der Waals surface area contributed by atoms with Crippen molar-refractivity contribution in [1.82, 2.24) is 4.37 Å². The van der Waals surface area contributed by atoms with Crippen LogP contribution in [0.1, 0.15) is 28.2 Å². The van der Waals surface area contributed by atoms with Crippen LogP contribution in [-0.2, 0) is 0 Å². The molecule has 1 unspecified atom stereocenters. The minimum absolute atomic E-state index is 0.159. The Morgan fingerprint density at radius 1 is 1.77 bits per heavy atom. The van der Waals surface area contributed by atoms with E-state index in [9.17, 15) is 9.90 Å². The SMILES string of the molecule is Cc1cc(C(=O)C(O)C2CC2)sn1. The summed E-state index contributed by atoms with van der Waals surface area (Å²) in [5, 5.41) is 9.55. The van der Waals surface area contributed by atoms with E-state index in [1.54, 1.807) is 6.07 Å². The second-order valence-corrected chi connectivity index (χ2v) is 4.28. The van der Waals surface area contributed by atoms with E-state index in [1.165, 1.54) is 11.5 Å². The summed E-state index contributed by atoms with van der Waals surface area (Å²) >= 11 is 1.17. The molecule has 0 bridgehead atoms. The van der Waals surface area contributed by atoms with Gasteiger partial charge in [0.2, 0.25) is 5.78 Å². The Bertz CT molecular complexity index is 330. The van der Waals surface area contributed by atoms with Gasteiger partial charge in [-0.15, -0.1) is 0 Å². The number of ketones is 1. The first-order valence-electron chi connectivity index (χ1n) is 4.34. The summed E-state index contributed by atoms with van der Waals surface area (Å²) in [5.74, 6) is 0.0445. The summed E-state index contributed by atoms with van der Waals surface area (Å²) in [4.78, 5) is 12.1. The van der Waals surface area contributed by atoms with Crippen molar-refractivity contribution in [2.24, 2.45) is 5.92 Å². The van der Waals surface area contributed by atoms with Crippen LogP contribution in [0.4, 0.5) is 0 Å². The van der Waals surface area contributed by atoms with E-state index in [1.807, 2.05) is 6.92 Å². The zero-order valence-corrected chi connectivity index (χ0v) is 8.17. The molecule has 1 aliphatic rings. The van der Waals surface area contributed by atoms with Gasteiger partial charge in [-0.25, -0.2) is 0 Å². The molecule has 1 aromatic heterocycles. The van der Waals surface area contributed by atoms with E-state index in [4.69, 9.17) is 0 Å². The Balaban J connectivity index is 2.11. The number of aliphatic hydroxyl groups excluding tert-OH is 1. The van der Waals surface area contributed by atoms with Crippen LogP contribution in [0.15, 0.2) is 6.07 Å². The predicted molar refractivity (Wildman–Crippen MR) is 49.9 cm³/mol. The number of aromatic nitrogens is 1. The van der Waals surface area contributed by atoms with E-state index >= 15 is 0 Å². The maximum atomic E-state index is 11.6. The molecule has 0 amide bonds. The fourth-order valence-corrected chi connectivity index (χ4v) is 1.98. The minimum Gasteiger partial charge on any atom is -0.385 e. The van der Waals surface area contributed by atoms with Gasteiger partial charge in [0.1, 0.15) is 6.10 Å². The Morgan fingerprint density at radius 3 is 2.92 bits per heavy atom. The Morgan fingerprint density at radius 2 is 2.46 bits per heavy atom. The van der Waals surface area contributed by atoms with Crippen LogP contribution in [0.25, 0.3) is 0 Å². The van der Waals surface area contributed by atoms with Crippen molar-refractivity contribution in [3.05, 3.63) is 16.6 Å². The molecule has 1 saturated carbocycles. The molecule has 0 radical (unpaired) electrons. The van der Waals surface area contributed by atoms with Gasteiger partial charge in [0.05, 0.1) is 10.6 Å². The first kappa shape index (κ1) is 8.84. The van der Waals surface area contributed by atoms with Crippen molar-refractivity contribution in [2.75, 3.05) is 0 Å². The number of hydrogen-bond acceptors (Lipinski definition) is 4. The van der Waals surface area contributed by atoms with Gasteiger partial charge in [-0.3, -0.25) is 4.79 Å². The maximum absolute atomic E-state index is 11.6. The average Bonchev–Trinajstić information content (AvgIpc) is 2.87. The first-order chi connectivity index (χ1) is 6.18. The van der Waals surface area contributed by atoms with Gasteiger partial charge in [0.15, 0.2) is 0 Å². The topological polar surface area (TPSA) is 50.2 Å². The molecule has 1 fully saturated rings. The standard InChI is InChI=1S/C9H11NO2S/c1-5-4-7(13-10-5)9(12)8(11)6-2-3-6/h4,6,8,11H,2-3H2,1H3. The molecule has 1 N–H and O–H groups in total. The molecule has 1 aliphatic carbocycles. The van der Waals surface area contributed by atoms with Crippen molar-refractivity contribution in [1.29, 1.82) is 0 Å². The third kappa shape index (κ3) is 1.78. The smallest absolute Gasteiger partial charge is 0.203 e. The monoisotopic (exact) mass is 197 g/mol. The molecule has 70 valence electrons. The quantitative estimate of drug-likeness (QED) is 0.745. The summed E-state index contributed by atoms with van der Waals surface area (Å²) in [6, 6.07) is 1.73. The second kappa shape index (κ2) is 3.20. The molecule has 4 heteroatoms. The molecular weight excluding hydrogens is 186 g/mol.